The standard InChI is InChI=1S/C9H10ClNO4/c10-5-3-4(1-2-6(5)12)8(13)7(11)9(14)15/h1-3,7-8,12-13H,11H2,(H,14,15)/t7-,8?/m0/s1. The van der Waals surface area contributed by atoms with E-state index in [2.05, 4.69) is 0 Å². The Morgan fingerprint density at radius 3 is 2.53 bits per heavy atom. The molecule has 0 aliphatic heterocycles. The van der Waals surface area contributed by atoms with Crippen LogP contribution in [-0.4, -0.2) is 27.3 Å². The van der Waals surface area contributed by atoms with E-state index in [1.54, 1.807) is 0 Å². The average Bonchev–Trinajstić information content (AvgIpc) is 2.19. The Bertz CT molecular complexity index is 382. The number of carboxylic acid groups (broad SMARTS) is 1. The quantitative estimate of drug-likeness (QED) is 0.606. The SMILES string of the molecule is N[C@H](C(=O)O)C(O)c1ccc(O)c(Cl)c1. The number of hydrogen-bond acceptors (Lipinski definition) is 4. The molecule has 0 radical (unpaired) electrons. The lowest BCUT2D eigenvalue weighted by atomic mass is 10.0. The molecule has 0 fully saturated rings. The number of aliphatic hydroxyl groups excluding tert-OH is 1. The fourth-order valence-corrected chi connectivity index (χ4v) is 1.24. The van der Waals surface area contributed by atoms with Gasteiger partial charge in [0.2, 0.25) is 0 Å². The molecule has 1 unspecified atom stereocenters. The van der Waals surface area contributed by atoms with Crippen molar-refractivity contribution in [2.45, 2.75) is 12.1 Å². The van der Waals surface area contributed by atoms with Gasteiger partial charge in [-0.05, 0) is 17.7 Å². The number of rotatable bonds is 3. The number of phenolic OH excluding ortho intramolecular Hbond substituents is 1. The fourth-order valence-electron chi connectivity index (χ4n) is 1.05. The lowest BCUT2D eigenvalue weighted by molar-refractivity contribution is -0.141. The fraction of sp³-hybridized carbons (Fsp3) is 0.222. The maximum Gasteiger partial charge on any atom is 0.323 e. The average molecular weight is 232 g/mol. The highest BCUT2D eigenvalue weighted by molar-refractivity contribution is 6.32. The van der Waals surface area contributed by atoms with Gasteiger partial charge < -0.3 is 21.1 Å². The minimum atomic E-state index is -1.43. The van der Waals surface area contributed by atoms with Gasteiger partial charge in [0.1, 0.15) is 17.9 Å². The second-order valence-electron chi connectivity index (χ2n) is 3.02. The Labute approximate surface area is 90.7 Å². The molecule has 0 aromatic heterocycles. The summed E-state index contributed by atoms with van der Waals surface area (Å²) < 4.78 is 0. The van der Waals surface area contributed by atoms with Crippen LogP contribution in [0, 0.1) is 0 Å². The first-order valence-corrected chi connectivity index (χ1v) is 4.46. The summed E-state index contributed by atoms with van der Waals surface area (Å²) in [6.45, 7) is 0. The third-order valence-electron chi connectivity index (χ3n) is 1.94. The summed E-state index contributed by atoms with van der Waals surface area (Å²) >= 11 is 5.59. The molecular weight excluding hydrogens is 222 g/mol. The Morgan fingerprint density at radius 1 is 1.47 bits per heavy atom. The van der Waals surface area contributed by atoms with Gasteiger partial charge >= 0.3 is 5.97 Å². The Balaban J connectivity index is 2.96. The van der Waals surface area contributed by atoms with Crippen molar-refractivity contribution in [3.8, 4) is 5.75 Å². The number of aliphatic hydroxyl groups is 1. The van der Waals surface area contributed by atoms with Crippen molar-refractivity contribution in [3.05, 3.63) is 28.8 Å². The molecule has 0 amide bonds. The van der Waals surface area contributed by atoms with Crippen molar-refractivity contribution >= 4 is 17.6 Å². The molecule has 82 valence electrons. The molecule has 15 heavy (non-hydrogen) atoms. The number of benzene rings is 1. The van der Waals surface area contributed by atoms with E-state index in [0.29, 0.717) is 0 Å². The molecule has 1 aromatic carbocycles. The van der Waals surface area contributed by atoms with Crippen LogP contribution in [0.5, 0.6) is 5.75 Å². The minimum Gasteiger partial charge on any atom is -0.506 e. The Kier molecular flexibility index (Phi) is 3.52. The van der Waals surface area contributed by atoms with Crippen molar-refractivity contribution in [2.24, 2.45) is 5.73 Å². The largest absolute Gasteiger partial charge is 0.506 e. The van der Waals surface area contributed by atoms with Gasteiger partial charge in [-0.15, -0.1) is 0 Å². The molecule has 0 saturated carbocycles. The highest BCUT2D eigenvalue weighted by Gasteiger charge is 2.23. The molecule has 0 aliphatic rings. The van der Waals surface area contributed by atoms with Crippen molar-refractivity contribution < 1.29 is 20.1 Å². The molecule has 5 nitrogen and oxygen atoms in total. The van der Waals surface area contributed by atoms with E-state index in [1.807, 2.05) is 0 Å². The van der Waals surface area contributed by atoms with Gasteiger partial charge in [-0.2, -0.15) is 0 Å². The molecule has 0 aliphatic carbocycles. The molecule has 5 N–H and O–H groups in total. The summed E-state index contributed by atoms with van der Waals surface area (Å²) in [5, 5.41) is 27.2. The third kappa shape index (κ3) is 2.59. The van der Waals surface area contributed by atoms with Crippen LogP contribution in [0.25, 0.3) is 0 Å². The third-order valence-corrected chi connectivity index (χ3v) is 2.24. The highest BCUT2D eigenvalue weighted by atomic mass is 35.5. The number of aliphatic carboxylic acids is 1. The molecular formula is C9H10ClNO4. The number of phenols is 1. The van der Waals surface area contributed by atoms with E-state index in [4.69, 9.17) is 27.5 Å². The van der Waals surface area contributed by atoms with Crippen LogP contribution in [0.3, 0.4) is 0 Å². The van der Waals surface area contributed by atoms with Crippen LogP contribution in [-0.2, 0) is 4.79 Å². The van der Waals surface area contributed by atoms with Crippen LogP contribution in [0.15, 0.2) is 18.2 Å². The van der Waals surface area contributed by atoms with Gasteiger partial charge in [-0.3, -0.25) is 4.79 Å². The first-order valence-electron chi connectivity index (χ1n) is 4.08. The van der Waals surface area contributed by atoms with E-state index in [1.165, 1.54) is 18.2 Å². The summed E-state index contributed by atoms with van der Waals surface area (Å²) in [7, 11) is 0. The predicted molar refractivity (Wildman–Crippen MR) is 53.7 cm³/mol. The van der Waals surface area contributed by atoms with Crippen LogP contribution in [0.4, 0.5) is 0 Å². The summed E-state index contributed by atoms with van der Waals surface area (Å²) in [5.41, 5.74) is 5.47. The molecule has 0 saturated heterocycles. The summed E-state index contributed by atoms with van der Waals surface area (Å²) in [4.78, 5) is 10.5. The van der Waals surface area contributed by atoms with E-state index in [-0.39, 0.29) is 16.3 Å². The molecule has 0 spiro atoms. The maximum atomic E-state index is 10.5. The summed E-state index contributed by atoms with van der Waals surface area (Å²) in [5.74, 6) is -1.46. The van der Waals surface area contributed by atoms with Gasteiger partial charge in [0, 0.05) is 0 Å². The van der Waals surface area contributed by atoms with Gasteiger partial charge in [0.15, 0.2) is 0 Å². The topological polar surface area (TPSA) is 104 Å². The van der Waals surface area contributed by atoms with Crippen LogP contribution < -0.4 is 5.73 Å². The molecule has 0 heterocycles. The van der Waals surface area contributed by atoms with Crippen molar-refractivity contribution in [1.82, 2.24) is 0 Å². The second-order valence-corrected chi connectivity index (χ2v) is 3.43. The van der Waals surface area contributed by atoms with Gasteiger partial charge in [0.05, 0.1) is 5.02 Å². The normalized spacial score (nSPS) is 14.6. The molecule has 6 heteroatoms. The zero-order valence-electron chi connectivity index (χ0n) is 7.59. The number of nitrogens with two attached hydrogens (primary N) is 1. The lowest BCUT2D eigenvalue weighted by Crippen LogP contribution is -2.36. The first-order chi connectivity index (χ1) is 6.93. The van der Waals surface area contributed by atoms with Gasteiger partial charge in [-0.25, -0.2) is 0 Å². The first kappa shape index (κ1) is 11.8. The van der Waals surface area contributed by atoms with E-state index in [0.717, 1.165) is 0 Å². The lowest BCUT2D eigenvalue weighted by Gasteiger charge is -2.15. The van der Waals surface area contributed by atoms with Crippen molar-refractivity contribution in [2.75, 3.05) is 0 Å². The number of aromatic hydroxyl groups is 1. The molecule has 2 atom stereocenters. The zero-order valence-corrected chi connectivity index (χ0v) is 8.35. The molecule has 1 aromatic rings. The van der Waals surface area contributed by atoms with E-state index in [9.17, 15) is 9.90 Å². The highest BCUT2D eigenvalue weighted by Crippen LogP contribution is 2.27. The number of carboxylic acids is 1. The maximum absolute atomic E-state index is 10.5. The smallest absolute Gasteiger partial charge is 0.323 e. The summed E-state index contributed by atoms with van der Waals surface area (Å²) in [6.07, 6.45) is -1.36. The van der Waals surface area contributed by atoms with Gasteiger partial charge in [0.25, 0.3) is 0 Å². The minimum absolute atomic E-state index is 0.0316. The van der Waals surface area contributed by atoms with E-state index < -0.39 is 18.1 Å². The number of hydrogen-bond donors (Lipinski definition) is 4. The molecule has 0 bridgehead atoms. The van der Waals surface area contributed by atoms with Gasteiger partial charge in [-0.1, -0.05) is 17.7 Å². The van der Waals surface area contributed by atoms with E-state index >= 15 is 0 Å². The van der Waals surface area contributed by atoms with Crippen molar-refractivity contribution in [3.63, 3.8) is 0 Å². The number of carbonyl (C=O) groups is 1. The second kappa shape index (κ2) is 4.48. The zero-order chi connectivity index (χ0) is 11.6. The monoisotopic (exact) mass is 231 g/mol. The number of halogens is 1. The predicted octanol–water partition coefficient (Wildman–Crippen LogP) is 0.491. The van der Waals surface area contributed by atoms with Crippen LogP contribution in [0.2, 0.25) is 5.02 Å². The summed E-state index contributed by atoms with van der Waals surface area (Å²) in [6, 6.07) is 2.46. The molecule has 1 rings (SSSR count). The van der Waals surface area contributed by atoms with Crippen LogP contribution in [0.1, 0.15) is 11.7 Å². The van der Waals surface area contributed by atoms with Crippen LogP contribution >= 0.6 is 11.6 Å². The Morgan fingerprint density at radius 2 is 2.07 bits per heavy atom. The Hall–Kier alpha value is -1.30. The van der Waals surface area contributed by atoms with Crippen molar-refractivity contribution in [1.29, 1.82) is 0 Å².